The minimum Gasteiger partial charge on any atom is -0.302 e. The van der Waals surface area contributed by atoms with Crippen molar-refractivity contribution in [3.05, 3.63) is 18.1 Å². The second-order valence-electron chi connectivity index (χ2n) is 2.04. The highest BCUT2D eigenvalue weighted by Crippen LogP contribution is 2.06. The van der Waals surface area contributed by atoms with Gasteiger partial charge in [0.05, 0.1) is 5.69 Å². The van der Waals surface area contributed by atoms with E-state index in [2.05, 4.69) is 9.97 Å². The Hall–Kier alpha value is -1.05. The topological polar surface area (TPSA) is 92.2 Å². The maximum absolute atomic E-state index is 11.0. The van der Waals surface area contributed by atoms with Gasteiger partial charge in [0, 0.05) is 12.4 Å². The summed E-state index contributed by atoms with van der Waals surface area (Å²) in [5, 5.41) is 8.00. The van der Waals surface area contributed by atoms with E-state index in [0.717, 1.165) is 0 Å². The number of sulfonamides is 1. The summed E-state index contributed by atoms with van der Waals surface area (Å²) in [5.41, 5.74) is 0.235. The quantitative estimate of drug-likeness (QED) is 0.609. The number of aryl methyl sites for hydroxylation is 1. The van der Waals surface area contributed by atoms with Gasteiger partial charge >= 0.3 is 0 Å². The Morgan fingerprint density at radius 1 is 1.42 bits per heavy atom. The standard InChI is InChI=1S/C5H7N3O3S/c1-4-5(7-3-2-6-4)12(10,11)8-9/h2-3,8-9H,1H3. The third-order valence-corrected chi connectivity index (χ3v) is 2.36. The zero-order chi connectivity index (χ0) is 9.19. The van der Waals surface area contributed by atoms with Crippen molar-refractivity contribution < 1.29 is 13.6 Å². The first kappa shape index (κ1) is 9.04. The van der Waals surface area contributed by atoms with Gasteiger partial charge in [-0.2, -0.15) is 0 Å². The summed E-state index contributed by atoms with van der Waals surface area (Å²) in [4.78, 5) is 8.42. The van der Waals surface area contributed by atoms with E-state index < -0.39 is 10.0 Å². The Morgan fingerprint density at radius 3 is 2.50 bits per heavy atom. The summed E-state index contributed by atoms with van der Waals surface area (Å²) < 4.78 is 21.9. The van der Waals surface area contributed by atoms with Crippen LogP contribution in [0.5, 0.6) is 0 Å². The lowest BCUT2D eigenvalue weighted by atomic mass is 10.5. The molecule has 6 nitrogen and oxygen atoms in total. The Bertz CT molecular complexity index is 375. The fraction of sp³-hybridized carbons (Fsp3) is 0.200. The van der Waals surface area contributed by atoms with Crippen molar-refractivity contribution in [1.82, 2.24) is 14.9 Å². The van der Waals surface area contributed by atoms with E-state index in [0.29, 0.717) is 0 Å². The van der Waals surface area contributed by atoms with Gasteiger partial charge in [0.15, 0.2) is 5.03 Å². The summed E-state index contributed by atoms with van der Waals surface area (Å²) in [7, 11) is -3.90. The van der Waals surface area contributed by atoms with Crippen molar-refractivity contribution in [1.29, 1.82) is 0 Å². The zero-order valence-corrected chi connectivity index (χ0v) is 7.04. The van der Waals surface area contributed by atoms with Crippen LogP contribution in [0.25, 0.3) is 0 Å². The molecule has 0 aliphatic rings. The monoisotopic (exact) mass is 189 g/mol. The van der Waals surface area contributed by atoms with Crippen LogP contribution in [0.3, 0.4) is 0 Å². The van der Waals surface area contributed by atoms with E-state index in [1.807, 2.05) is 0 Å². The van der Waals surface area contributed by atoms with Crippen molar-refractivity contribution in [2.24, 2.45) is 0 Å². The molecule has 0 aromatic carbocycles. The summed E-state index contributed by atoms with van der Waals surface area (Å²) >= 11 is 0. The van der Waals surface area contributed by atoms with Crippen LogP contribution in [0.2, 0.25) is 0 Å². The molecule has 1 aromatic heterocycles. The van der Waals surface area contributed by atoms with Gasteiger partial charge < -0.3 is 5.21 Å². The highest BCUT2D eigenvalue weighted by molar-refractivity contribution is 7.89. The molecule has 1 aromatic rings. The summed E-state index contributed by atoms with van der Waals surface area (Å²) in [5.74, 6) is 0. The number of hydrogen-bond donors (Lipinski definition) is 2. The zero-order valence-electron chi connectivity index (χ0n) is 6.22. The van der Waals surface area contributed by atoms with Gasteiger partial charge in [0.25, 0.3) is 10.0 Å². The van der Waals surface area contributed by atoms with Crippen molar-refractivity contribution in [2.45, 2.75) is 11.9 Å². The van der Waals surface area contributed by atoms with Gasteiger partial charge in [0.1, 0.15) is 0 Å². The number of nitrogens with one attached hydrogen (secondary N) is 1. The van der Waals surface area contributed by atoms with Crippen molar-refractivity contribution in [2.75, 3.05) is 0 Å². The molecule has 0 amide bonds. The first-order chi connectivity index (χ1) is 5.58. The minimum absolute atomic E-state index is 0.235. The largest absolute Gasteiger partial charge is 0.302 e. The molecule has 0 spiro atoms. The van der Waals surface area contributed by atoms with Crippen molar-refractivity contribution in [3.8, 4) is 0 Å². The molecule has 12 heavy (non-hydrogen) atoms. The van der Waals surface area contributed by atoms with Crippen LogP contribution in [-0.2, 0) is 10.0 Å². The van der Waals surface area contributed by atoms with E-state index in [4.69, 9.17) is 5.21 Å². The van der Waals surface area contributed by atoms with Crippen molar-refractivity contribution >= 4 is 10.0 Å². The number of nitrogens with zero attached hydrogens (tertiary/aromatic N) is 2. The second-order valence-corrected chi connectivity index (χ2v) is 3.62. The molecule has 0 aliphatic carbocycles. The lowest BCUT2D eigenvalue weighted by Gasteiger charge is -2.01. The molecule has 1 heterocycles. The van der Waals surface area contributed by atoms with Crippen LogP contribution in [0.15, 0.2) is 17.4 Å². The molecular weight excluding hydrogens is 182 g/mol. The van der Waals surface area contributed by atoms with Crippen LogP contribution < -0.4 is 4.89 Å². The van der Waals surface area contributed by atoms with Crippen LogP contribution in [0.4, 0.5) is 0 Å². The molecule has 7 heteroatoms. The number of hydrogen-bond acceptors (Lipinski definition) is 5. The van der Waals surface area contributed by atoms with E-state index >= 15 is 0 Å². The molecular formula is C5H7N3O3S. The molecule has 66 valence electrons. The average Bonchev–Trinajstić information content (AvgIpc) is 2.05. The molecule has 0 aliphatic heterocycles. The van der Waals surface area contributed by atoms with Gasteiger partial charge in [-0.15, -0.1) is 0 Å². The van der Waals surface area contributed by atoms with E-state index in [9.17, 15) is 8.42 Å². The van der Waals surface area contributed by atoms with Gasteiger partial charge in [0.2, 0.25) is 0 Å². The molecule has 1 rings (SSSR count). The van der Waals surface area contributed by atoms with E-state index in [1.54, 1.807) is 0 Å². The third-order valence-electron chi connectivity index (χ3n) is 1.21. The molecule has 0 atom stereocenters. The fourth-order valence-corrected chi connectivity index (χ4v) is 1.43. The lowest BCUT2D eigenvalue weighted by molar-refractivity contribution is 0.242. The van der Waals surface area contributed by atoms with Crippen LogP contribution in [0, 0.1) is 6.92 Å². The Morgan fingerprint density at radius 2 is 2.00 bits per heavy atom. The van der Waals surface area contributed by atoms with Gasteiger partial charge in [-0.1, -0.05) is 4.89 Å². The smallest absolute Gasteiger partial charge is 0.281 e. The summed E-state index contributed by atoms with van der Waals surface area (Å²) in [6.07, 6.45) is 2.60. The van der Waals surface area contributed by atoms with Gasteiger partial charge in [-0.3, -0.25) is 4.98 Å². The predicted molar refractivity (Wildman–Crippen MR) is 38.9 cm³/mol. The first-order valence-electron chi connectivity index (χ1n) is 3.01. The van der Waals surface area contributed by atoms with Gasteiger partial charge in [-0.05, 0) is 6.92 Å². The molecule has 0 bridgehead atoms. The number of rotatable bonds is 2. The highest BCUT2D eigenvalue weighted by atomic mass is 32.2. The normalized spacial score (nSPS) is 11.5. The van der Waals surface area contributed by atoms with E-state index in [-0.39, 0.29) is 10.7 Å². The third kappa shape index (κ3) is 1.58. The highest BCUT2D eigenvalue weighted by Gasteiger charge is 2.17. The van der Waals surface area contributed by atoms with Crippen LogP contribution >= 0.6 is 0 Å². The number of aromatic nitrogens is 2. The van der Waals surface area contributed by atoms with Crippen LogP contribution in [0.1, 0.15) is 5.69 Å². The molecule has 0 saturated heterocycles. The molecule has 0 saturated carbocycles. The Balaban J connectivity index is 3.30. The maximum Gasteiger partial charge on any atom is 0.281 e. The molecule has 0 fully saturated rings. The molecule has 0 unspecified atom stereocenters. The second kappa shape index (κ2) is 3.13. The average molecular weight is 189 g/mol. The lowest BCUT2D eigenvalue weighted by Crippen LogP contribution is -2.21. The SMILES string of the molecule is Cc1nccnc1S(=O)(=O)NO. The maximum atomic E-state index is 11.0. The molecule has 2 N–H and O–H groups in total. The summed E-state index contributed by atoms with van der Waals surface area (Å²) in [6, 6.07) is 0. The predicted octanol–water partition coefficient (Wildman–Crippen LogP) is -0.547. The Labute approximate surface area is 69.3 Å². The van der Waals surface area contributed by atoms with E-state index in [1.165, 1.54) is 24.2 Å². The minimum atomic E-state index is -3.90. The molecule has 0 radical (unpaired) electrons. The summed E-state index contributed by atoms with van der Waals surface area (Å²) in [6.45, 7) is 1.48. The van der Waals surface area contributed by atoms with Crippen LogP contribution in [-0.4, -0.2) is 23.6 Å². The fourth-order valence-electron chi connectivity index (χ4n) is 0.702. The Kier molecular flexibility index (Phi) is 2.36. The van der Waals surface area contributed by atoms with Crippen molar-refractivity contribution in [3.63, 3.8) is 0 Å². The van der Waals surface area contributed by atoms with Gasteiger partial charge in [-0.25, -0.2) is 13.4 Å². The first-order valence-corrected chi connectivity index (χ1v) is 4.50.